The fourth-order valence-corrected chi connectivity index (χ4v) is 6.00. The first-order valence-electron chi connectivity index (χ1n) is 13.0. The van der Waals surface area contributed by atoms with Gasteiger partial charge in [0.25, 0.3) is 5.56 Å². The van der Waals surface area contributed by atoms with Crippen molar-refractivity contribution >= 4 is 38.7 Å². The number of aromatic hydroxyl groups is 1. The van der Waals surface area contributed by atoms with Crippen LogP contribution in [0.15, 0.2) is 82.4 Å². The quantitative estimate of drug-likeness (QED) is 0.243. The molecule has 8 nitrogen and oxygen atoms in total. The van der Waals surface area contributed by atoms with Crippen molar-refractivity contribution in [3.05, 3.63) is 116 Å². The van der Waals surface area contributed by atoms with Gasteiger partial charge >= 0.3 is 5.69 Å². The average molecular weight is 534 g/mol. The van der Waals surface area contributed by atoms with Gasteiger partial charge in [-0.2, -0.15) is 0 Å². The normalized spacial score (nSPS) is 16.8. The number of nitrogens with one attached hydrogen (secondary N) is 1. The highest BCUT2D eigenvalue weighted by atomic mass is 19.1. The predicted molar refractivity (Wildman–Crippen MR) is 152 cm³/mol. The molecule has 1 aliphatic rings. The minimum absolute atomic E-state index is 0.0421. The van der Waals surface area contributed by atoms with Gasteiger partial charge in [0.05, 0.1) is 33.7 Å². The second kappa shape index (κ2) is 8.74. The van der Waals surface area contributed by atoms with Crippen LogP contribution in [0, 0.1) is 5.82 Å². The minimum Gasteiger partial charge on any atom is -0.507 e. The topological polar surface area (TPSA) is 102 Å². The third kappa shape index (κ3) is 3.44. The van der Waals surface area contributed by atoms with Crippen molar-refractivity contribution in [2.45, 2.75) is 18.4 Å². The van der Waals surface area contributed by atoms with E-state index in [-0.39, 0.29) is 17.2 Å². The van der Waals surface area contributed by atoms with Crippen molar-refractivity contribution in [1.82, 2.24) is 19.1 Å². The van der Waals surface area contributed by atoms with E-state index in [2.05, 4.69) is 5.32 Å². The Hall–Kier alpha value is -5.05. The molecule has 0 aliphatic carbocycles. The molecule has 40 heavy (non-hydrogen) atoms. The van der Waals surface area contributed by atoms with Crippen LogP contribution in [0.1, 0.15) is 35.1 Å². The van der Waals surface area contributed by atoms with Crippen LogP contribution in [0.4, 0.5) is 10.2 Å². The van der Waals surface area contributed by atoms with Crippen LogP contribution in [-0.4, -0.2) is 24.2 Å². The molecule has 0 spiro atoms. The van der Waals surface area contributed by atoms with Crippen LogP contribution in [0.2, 0.25) is 0 Å². The number of nitrogens with zero attached hydrogens (tertiary/aromatic N) is 4. The van der Waals surface area contributed by atoms with Gasteiger partial charge in [-0.05, 0) is 24.1 Å². The lowest BCUT2D eigenvalue weighted by molar-refractivity contribution is 0.463. The molecule has 7 rings (SSSR count). The number of fused-ring (bicyclic) bond motifs is 5. The Kier molecular flexibility index (Phi) is 5.25. The molecule has 3 heterocycles. The van der Waals surface area contributed by atoms with Gasteiger partial charge < -0.3 is 10.4 Å². The Bertz CT molecular complexity index is 2120. The van der Waals surface area contributed by atoms with Crippen molar-refractivity contribution < 1.29 is 9.50 Å². The summed E-state index contributed by atoms with van der Waals surface area (Å²) in [7, 11) is 3.10. The maximum absolute atomic E-state index is 14.1. The smallest absolute Gasteiger partial charge is 0.332 e. The predicted octanol–water partition coefficient (Wildman–Crippen LogP) is 4.87. The van der Waals surface area contributed by atoms with E-state index in [0.29, 0.717) is 56.2 Å². The Balaban J connectivity index is 1.56. The molecule has 6 aromatic rings. The number of hydrogen-bond acceptors (Lipinski definition) is 6. The molecule has 198 valence electrons. The van der Waals surface area contributed by atoms with E-state index in [4.69, 9.17) is 9.97 Å². The van der Waals surface area contributed by atoms with Gasteiger partial charge in [-0.3, -0.25) is 13.9 Å². The number of phenolic OH excluding ortho intramolecular Hbond substituents is 1. The first-order chi connectivity index (χ1) is 19.3. The lowest BCUT2D eigenvalue weighted by Gasteiger charge is -2.35. The lowest BCUT2D eigenvalue weighted by Crippen LogP contribution is -2.43. The van der Waals surface area contributed by atoms with E-state index in [1.807, 2.05) is 54.6 Å². The largest absolute Gasteiger partial charge is 0.507 e. The van der Waals surface area contributed by atoms with Crippen molar-refractivity contribution in [3.8, 4) is 5.75 Å². The second-order valence-corrected chi connectivity index (χ2v) is 10.2. The molecular weight excluding hydrogens is 509 g/mol. The second-order valence-electron chi connectivity index (χ2n) is 10.2. The molecular formula is C31H24FN5O3. The van der Waals surface area contributed by atoms with Gasteiger partial charge in [-0.1, -0.05) is 54.6 Å². The highest BCUT2D eigenvalue weighted by Crippen LogP contribution is 2.47. The van der Waals surface area contributed by atoms with E-state index in [0.717, 1.165) is 10.1 Å². The van der Waals surface area contributed by atoms with Gasteiger partial charge in [0.15, 0.2) is 0 Å². The highest BCUT2D eigenvalue weighted by molar-refractivity contribution is 6.10. The summed E-state index contributed by atoms with van der Waals surface area (Å²) in [5.41, 5.74) is 2.99. The van der Waals surface area contributed by atoms with Crippen LogP contribution in [-0.2, 0) is 14.1 Å². The summed E-state index contributed by atoms with van der Waals surface area (Å²) in [5.74, 6) is -0.338. The molecule has 0 saturated carbocycles. The van der Waals surface area contributed by atoms with Crippen LogP contribution in [0.5, 0.6) is 5.75 Å². The first kappa shape index (κ1) is 24.0. The zero-order valence-corrected chi connectivity index (χ0v) is 21.7. The number of halogens is 1. The van der Waals surface area contributed by atoms with Crippen LogP contribution < -0.4 is 16.6 Å². The maximum Gasteiger partial charge on any atom is 0.332 e. The molecule has 2 aromatic heterocycles. The molecule has 0 amide bonds. The fraction of sp³-hybridized carbons (Fsp3) is 0.161. The molecule has 9 heteroatoms. The Morgan fingerprint density at radius 2 is 1.55 bits per heavy atom. The first-order valence-corrected chi connectivity index (χ1v) is 13.0. The van der Waals surface area contributed by atoms with E-state index >= 15 is 0 Å². The van der Waals surface area contributed by atoms with E-state index < -0.39 is 17.5 Å². The van der Waals surface area contributed by atoms with Crippen molar-refractivity contribution in [2.24, 2.45) is 14.1 Å². The maximum atomic E-state index is 14.1. The molecule has 0 fully saturated rings. The molecule has 0 radical (unpaired) electrons. The van der Waals surface area contributed by atoms with Crippen molar-refractivity contribution in [1.29, 1.82) is 0 Å². The number of rotatable bonds is 2. The summed E-state index contributed by atoms with van der Waals surface area (Å²) in [6.07, 6.45) is 0.411. The van der Waals surface area contributed by atoms with Gasteiger partial charge in [0.2, 0.25) is 0 Å². The van der Waals surface area contributed by atoms with Gasteiger partial charge in [0, 0.05) is 42.4 Å². The molecule has 1 aliphatic heterocycles. The standard InChI is InChI=1S/C31H24FN5O3/c1-36-29-24(30(39)37(2)31(36)40)20(16-8-4-3-5-9-16)15-23(35-29)25-27-26(18-10-6-7-11-19(18)28(25)38)34-22-14-17(32)12-13-21(22)33-27/h3-14,20,23,35,38H,15H2,1-2H3. The Morgan fingerprint density at radius 1 is 0.850 bits per heavy atom. The fourth-order valence-electron chi connectivity index (χ4n) is 6.00. The van der Waals surface area contributed by atoms with Crippen LogP contribution in [0.3, 0.4) is 0 Å². The SMILES string of the molecule is Cn1c2c(c(=O)n(C)c1=O)C(c1ccccc1)CC(c1c(O)c3ccccc3c3nc4cc(F)ccc4nc13)N2. The van der Waals surface area contributed by atoms with Gasteiger partial charge in [-0.25, -0.2) is 19.2 Å². The zero-order chi connectivity index (χ0) is 27.7. The molecule has 2 N–H and O–H groups in total. The van der Waals surface area contributed by atoms with Crippen LogP contribution >= 0.6 is 0 Å². The Morgan fingerprint density at radius 3 is 2.33 bits per heavy atom. The number of aromatic nitrogens is 4. The molecule has 0 saturated heterocycles. The zero-order valence-electron chi connectivity index (χ0n) is 21.7. The minimum atomic E-state index is -0.533. The third-order valence-electron chi connectivity index (χ3n) is 7.95. The van der Waals surface area contributed by atoms with Gasteiger partial charge in [0.1, 0.15) is 17.4 Å². The summed E-state index contributed by atoms with van der Waals surface area (Å²) < 4.78 is 16.6. The van der Waals surface area contributed by atoms with Crippen LogP contribution in [0.25, 0.3) is 32.8 Å². The average Bonchev–Trinajstić information content (AvgIpc) is 2.98. The summed E-state index contributed by atoms with van der Waals surface area (Å²) >= 11 is 0. The van der Waals surface area contributed by atoms with Crippen molar-refractivity contribution in [2.75, 3.05) is 5.32 Å². The molecule has 0 bridgehead atoms. The summed E-state index contributed by atoms with van der Waals surface area (Å²) in [5, 5.41) is 16.4. The summed E-state index contributed by atoms with van der Waals surface area (Å²) in [4.78, 5) is 36.1. The monoisotopic (exact) mass is 533 g/mol. The van der Waals surface area contributed by atoms with Gasteiger partial charge in [-0.15, -0.1) is 0 Å². The third-order valence-corrected chi connectivity index (χ3v) is 7.95. The number of hydrogen-bond donors (Lipinski definition) is 2. The molecule has 2 unspecified atom stereocenters. The molecule has 4 aromatic carbocycles. The Labute approximate surface area is 227 Å². The molecule has 2 atom stereocenters. The highest BCUT2D eigenvalue weighted by Gasteiger charge is 2.36. The lowest BCUT2D eigenvalue weighted by atomic mass is 9.81. The summed E-state index contributed by atoms with van der Waals surface area (Å²) in [6, 6.07) is 20.7. The van der Waals surface area contributed by atoms with E-state index in [1.54, 1.807) is 13.1 Å². The van der Waals surface area contributed by atoms with E-state index in [1.165, 1.54) is 23.7 Å². The number of anilines is 1. The van der Waals surface area contributed by atoms with Crippen molar-refractivity contribution in [3.63, 3.8) is 0 Å². The van der Waals surface area contributed by atoms with E-state index in [9.17, 15) is 19.1 Å². The number of benzene rings is 4. The summed E-state index contributed by atoms with van der Waals surface area (Å²) in [6.45, 7) is 0. The number of phenols is 1.